The number of rotatable bonds is 2. The number of nitrogens with one attached hydrogen (secondary N) is 2. The Hall–Kier alpha value is -3.71. The van der Waals surface area contributed by atoms with E-state index in [0.717, 1.165) is 91.2 Å². The Kier molecular flexibility index (Phi) is 12.0. The average molecular weight is 695 g/mol. The molecule has 2 N–H and O–H groups in total. The molecule has 2 bridgehead atoms. The van der Waals surface area contributed by atoms with Crippen molar-refractivity contribution in [1.82, 2.24) is 4.90 Å². The predicted molar refractivity (Wildman–Crippen MR) is 213 cm³/mol. The van der Waals surface area contributed by atoms with E-state index < -0.39 is 5.66 Å². The van der Waals surface area contributed by atoms with Crippen LogP contribution in [0.5, 0.6) is 0 Å². The summed E-state index contributed by atoms with van der Waals surface area (Å²) < 4.78 is 6.00. The Morgan fingerprint density at radius 2 is 1.67 bits per heavy atom. The highest BCUT2D eigenvalue weighted by atomic mass is 16.5. The monoisotopic (exact) mass is 694 g/mol. The van der Waals surface area contributed by atoms with Crippen molar-refractivity contribution >= 4 is 40.6 Å². The van der Waals surface area contributed by atoms with Crippen LogP contribution in [0.15, 0.2) is 41.1 Å². The number of likely N-dealkylation sites (tertiary alicyclic amines) is 1. The van der Waals surface area contributed by atoms with Gasteiger partial charge in [-0.15, -0.1) is 0 Å². The van der Waals surface area contributed by atoms with E-state index in [9.17, 15) is 9.59 Å². The van der Waals surface area contributed by atoms with Crippen molar-refractivity contribution in [2.75, 3.05) is 30.8 Å². The maximum absolute atomic E-state index is 14.4. The van der Waals surface area contributed by atoms with Crippen molar-refractivity contribution in [2.45, 2.75) is 113 Å². The SMILES string of the molecule is C=c1c2c3c(c4c(c(CCC)c(C)c(C)c14)C(=O)O/C=C/CCC(C)[C@H](C)C(C)[C@H](C)CC(C)/C=C/C=C(/C)C(=O)N2)=NC1(CCN(C)CC1)N3. The molecule has 1 spiro atoms. The molecule has 3 aliphatic heterocycles. The molecule has 1 amide bonds. The van der Waals surface area contributed by atoms with Crippen molar-refractivity contribution in [1.29, 1.82) is 0 Å². The van der Waals surface area contributed by atoms with Crippen LogP contribution in [0, 0.1) is 43.4 Å². The number of carbonyl (C=O) groups excluding carboxylic acids is 2. The van der Waals surface area contributed by atoms with Crippen molar-refractivity contribution in [3.8, 4) is 0 Å². The molecule has 51 heavy (non-hydrogen) atoms. The lowest BCUT2D eigenvalue weighted by Crippen LogP contribution is -2.45. The summed E-state index contributed by atoms with van der Waals surface area (Å²) in [6, 6.07) is 0. The molecule has 0 aromatic heterocycles. The number of piperidine rings is 1. The second-order valence-electron chi connectivity index (χ2n) is 16.2. The third kappa shape index (κ3) is 7.89. The van der Waals surface area contributed by atoms with Gasteiger partial charge in [-0.2, -0.15) is 0 Å². The van der Waals surface area contributed by atoms with Gasteiger partial charge < -0.3 is 20.3 Å². The number of hydrogen-bond acceptors (Lipinski definition) is 6. The summed E-state index contributed by atoms with van der Waals surface area (Å²) in [5, 5.41) is 10.1. The quantitative estimate of drug-likeness (QED) is 0.307. The lowest BCUT2D eigenvalue weighted by Gasteiger charge is -2.36. The number of allylic oxidation sites excluding steroid dienone is 4. The lowest BCUT2D eigenvalue weighted by atomic mass is 9.74. The minimum absolute atomic E-state index is 0.185. The fourth-order valence-electron chi connectivity index (χ4n) is 8.51. The summed E-state index contributed by atoms with van der Waals surface area (Å²) in [5.41, 5.74) is 5.10. The number of carbonyl (C=O) groups is 2. The van der Waals surface area contributed by atoms with Crippen LogP contribution in [0.2, 0.25) is 0 Å². The first kappa shape index (κ1) is 38.5. The highest BCUT2D eigenvalue weighted by molar-refractivity contribution is 6.12. The minimum Gasteiger partial charge on any atom is -0.431 e. The number of amides is 1. The van der Waals surface area contributed by atoms with E-state index >= 15 is 0 Å². The van der Waals surface area contributed by atoms with Crippen LogP contribution in [0.25, 0.3) is 17.4 Å². The van der Waals surface area contributed by atoms with Crippen molar-refractivity contribution < 1.29 is 14.3 Å². The molecule has 3 heterocycles. The third-order valence-electron chi connectivity index (χ3n) is 12.5. The summed E-state index contributed by atoms with van der Waals surface area (Å²) in [7, 11) is 2.13. The Morgan fingerprint density at radius 1 is 0.980 bits per heavy atom. The highest BCUT2D eigenvalue weighted by Crippen LogP contribution is 2.38. The molecular formula is C44H62N4O3. The van der Waals surface area contributed by atoms with E-state index in [4.69, 9.17) is 9.73 Å². The van der Waals surface area contributed by atoms with Gasteiger partial charge in [0, 0.05) is 42.1 Å². The number of anilines is 2. The topological polar surface area (TPSA) is 83.0 Å². The Morgan fingerprint density at radius 3 is 2.35 bits per heavy atom. The van der Waals surface area contributed by atoms with Gasteiger partial charge in [0.2, 0.25) is 0 Å². The van der Waals surface area contributed by atoms with E-state index in [-0.39, 0.29) is 11.9 Å². The first-order chi connectivity index (χ1) is 24.2. The molecule has 2 aromatic carbocycles. The van der Waals surface area contributed by atoms with Crippen LogP contribution >= 0.6 is 0 Å². The standard InChI is InChI=1S/C44H62N4O3/c1-12-16-35-32(8)33(9)36-34(10)39-41-40(46-44(47-41)20-22-48(11)23-21-44)38(36)37(35)43(50)51-24-14-13-18-27(3)30(6)31(7)29(5)25-26(2)17-15-19-28(4)42(49)45-39/h14-15,17,19,24,26-27,29-31,47H,10,12-13,16,18,20-23,25H2,1-9,11H3,(H,45,49)/b17-15+,24-14+,28-19-/t26?,27?,29-,30+,31?/m1/s1. The molecule has 276 valence electrons. The van der Waals surface area contributed by atoms with E-state index in [1.807, 2.05) is 25.2 Å². The molecule has 2 aromatic rings. The number of nitrogens with zero attached hydrogens (tertiary/aromatic N) is 2. The maximum atomic E-state index is 14.4. The first-order valence-corrected chi connectivity index (χ1v) is 19.4. The van der Waals surface area contributed by atoms with Gasteiger partial charge in [0.1, 0.15) is 5.66 Å². The lowest BCUT2D eigenvalue weighted by molar-refractivity contribution is -0.112. The second-order valence-corrected chi connectivity index (χ2v) is 16.2. The highest BCUT2D eigenvalue weighted by Gasteiger charge is 2.39. The molecule has 5 rings (SSSR count). The number of cyclic esters (lactones) is 1. The summed E-state index contributed by atoms with van der Waals surface area (Å²) in [6.07, 6.45) is 16.0. The summed E-state index contributed by atoms with van der Waals surface area (Å²) in [6.45, 7) is 26.3. The van der Waals surface area contributed by atoms with Crippen LogP contribution in [0.1, 0.15) is 114 Å². The number of esters is 1. The second kappa shape index (κ2) is 15.9. The van der Waals surface area contributed by atoms with Gasteiger partial charge in [0.25, 0.3) is 5.91 Å². The third-order valence-corrected chi connectivity index (χ3v) is 12.5. The van der Waals surface area contributed by atoms with Crippen LogP contribution in [-0.4, -0.2) is 42.6 Å². The molecule has 3 unspecified atom stereocenters. The predicted octanol–water partition coefficient (Wildman–Crippen LogP) is 8.76. The number of hydrogen-bond donors (Lipinski definition) is 2. The smallest absolute Gasteiger partial charge is 0.343 e. The zero-order chi connectivity index (χ0) is 37.2. The van der Waals surface area contributed by atoms with Gasteiger partial charge >= 0.3 is 5.97 Å². The molecule has 5 atom stereocenters. The summed E-state index contributed by atoms with van der Waals surface area (Å²) in [4.78, 5) is 36.0. The van der Waals surface area contributed by atoms with Crippen LogP contribution in [-0.2, 0) is 16.0 Å². The number of aryl methyl sites for hydroxylation is 1. The van der Waals surface area contributed by atoms with Gasteiger partial charge in [0.05, 0.1) is 28.6 Å². The van der Waals surface area contributed by atoms with Gasteiger partial charge in [-0.1, -0.05) is 72.8 Å². The number of ether oxygens (including phenoxy) is 1. The maximum Gasteiger partial charge on any atom is 0.343 e. The Bertz CT molecular complexity index is 1860. The average Bonchev–Trinajstić information content (AvgIpc) is 3.47. The molecule has 7 nitrogen and oxygen atoms in total. The molecule has 0 saturated carbocycles. The van der Waals surface area contributed by atoms with E-state index in [2.05, 4.69) is 90.6 Å². The van der Waals surface area contributed by atoms with Gasteiger partial charge in [0.15, 0.2) is 0 Å². The molecule has 3 aliphatic rings. The minimum atomic E-state index is -0.531. The van der Waals surface area contributed by atoms with Crippen molar-refractivity contribution in [3.63, 3.8) is 0 Å². The van der Waals surface area contributed by atoms with Crippen LogP contribution in [0.3, 0.4) is 0 Å². The summed E-state index contributed by atoms with van der Waals surface area (Å²) in [5.74, 6) is 2.06. The molecular weight excluding hydrogens is 633 g/mol. The zero-order valence-electron chi connectivity index (χ0n) is 33.0. The molecule has 0 aliphatic carbocycles. The van der Waals surface area contributed by atoms with Gasteiger partial charge in [-0.25, -0.2) is 4.79 Å². The molecule has 1 fully saturated rings. The number of benzene rings is 2. The van der Waals surface area contributed by atoms with Gasteiger partial charge in [-0.3, -0.25) is 9.79 Å². The fraction of sp³-hybridized carbons (Fsp3) is 0.568. The zero-order valence-corrected chi connectivity index (χ0v) is 33.0. The summed E-state index contributed by atoms with van der Waals surface area (Å²) >= 11 is 0. The first-order valence-electron chi connectivity index (χ1n) is 19.4. The van der Waals surface area contributed by atoms with Crippen LogP contribution < -0.4 is 21.2 Å². The largest absolute Gasteiger partial charge is 0.431 e. The normalized spacial score (nSPS) is 28.7. The van der Waals surface area contributed by atoms with Crippen molar-refractivity contribution in [3.05, 3.63) is 69.0 Å². The van der Waals surface area contributed by atoms with Gasteiger partial charge in [-0.05, 0) is 111 Å². The Balaban J connectivity index is 1.72. The molecule has 7 heteroatoms. The fourth-order valence-corrected chi connectivity index (χ4v) is 8.51. The van der Waals surface area contributed by atoms with E-state index in [1.165, 1.54) is 0 Å². The Labute approximate surface area is 306 Å². The molecule has 1 saturated heterocycles. The van der Waals surface area contributed by atoms with Crippen LogP contribution in [0.4, 0.5) is 11.4 Å². The van der Waals surface area contributed by atoms with Crippen molar-refractivity contribution in [2.24, 2.45) is 34.6 Å². The van der Waals surface area contributed by atoms with E-state index in [0.29, 0.717) is 57.0 Å². The van der Waals surface area contributed by atoms with E-state index in [1.54, 1.807) is 6.26 Å². The molecule has 0 radical (unpaired) electrons.